The van der Waals surface area contributed by atoms with Crippen molar-refractivity contribution < 1.29 is 9.84 Å². The topological polar surface area (TPSA) is 56.1 Å². The van der Waals surface area contributed by atoms with Gasteiger partial charge in [0.05, 0.1) is 7.11 Å². The second-order valence-corrected chi connectivity index (χ2v) is 3.64. The van der Waals surface area contributed by atoms with Gasteiger partial charge in [-0.25, -0.2) is 0 Å². The molecule has 0 amide bonds. The fraction of sp³-hybridized carbons (Fsp3) is 0.364. The molecule has 3 nitrogen and oxygen atoms in total. The number of ether oxygens (including phenoxy) is 1. The van der Waals surface area contributed by atoms with Gasteiger partial charge in [-0.1, -0.05) is 12.1 Å². The van der Waals surface area contributed by atoms with Crippen molar-refractivity contribution in [3.8, 4) is 5.75 Å². The summed E-state index contributed by atoms with van der Waals surface area (Å²) in [5, 5.41) is 18.3. The number of hydrogen-bond donors (Lipinski definition) is 1. The summed E-state index contributed by atoms with van der Waals surface area (Å²) >= 11 is 0. The van der Waals surface area contributed by atoms with Crippen LogP contribution in [0.4, 0.5) is 0 Å². The van der Waals surface area contributed by atoms with E-state index in [2.05, 4.69) is 0 Å². The predicted molar refractivity (Wildman–Crippen MR) is 51.6 cm³/mol. The molecule has 2 rings (SSSR count). The molecule has 14 heavy (non-hydrogen) atoms. The Labute approximate surface area is 82.8 Å². The Bertz CT molecular complexity index is 352. The van der Waals surface area contributed by atoms with Crippen LogP contribution in [-0.2, 0) is 5.41 Å². The predicted octanol–water partition coefficient (Wildman–Crippen LogP) is 1.06. The summed E-state index contributed by atoms with van der Waals surface area (Å²) < 4.78 is 5.03. The van der Waals surface area contributed by atoms with Crippen LogP contribution in [0, 0.1) is 5.41 Å². The molecule has 1 saturated carbocycles. The minimum atomic E-state index is -0.494. The summed E-state index contributed by atoms with van der Waals surface area (Å²) in [6, 6.07) is 7.41. The number of nitrogens with one attached hydrogen (secondary N) is 1. The Morgan fingerprint density at radius 1 is 1.36 bits per heavy atom. The first-order valence-corrected chi connectivity index (χ1v) is 4.59. The van der Waals surface area contributed by atoms with E-state index in [1.165, 1.54) is 0 Å². The van der Waals surface area contributed by atoms with Crippen LogP contribution >= 0.6 is 0 Å². The monoisotopic (exact) mass is 190 g/mol. The fourth-order valence-corrected chi connectivity index (χ4v) is 1.68. The van der Waals surface area contributed by atoms with Crippen molar-refractivity contribution in [2.24, 2.45) is 0 Å². The molecule has 3 heteroatoms. The molecule has 0 heterocycles. The van der Waals surface area contributed by atoms with E-state index in [0.29, 0.717) is 0 Å². The molecule has 1 aromatic rings. The Morgan fingerprint density at radius 3 is 2.29 bits per heavy atom. The third kappa shape index (κ3) is 1.25. The molecule has 1 N–H and O–H groups in total. The van der Waals surface area contributed by atoms with Crippen LogP contribution in [0.15, 0.2) is 24.3 Å². The smallest absolute Gasteiger partial charge is 0.118 e. The molecule has 1 aliphatic rings. The Balaban J connectivity index is 2.29. The third-order valence-electron chi connectivity index (χ3n) is 2.83. The van der Waals surface area contributed by atoms with Gasteiger partial charge >= 0.3 is 0 Å². The van der Waals surface area contributed by atoms with Crippen LogP contribution in [0.2, 0.25) is 0 Å². The lowest BCUT2D eigenvalue weighted by Gasteiger charge is -2.20. The van der Waals surface area contributed by atoms with E-state index in [1.54, 1.807) is 7.11 Å². The van der Waals surface area contributed by atoms with Gasteiger partial charge in [-0.05, 0) is 36.4 Å². The summed E-state index contributed by atoms with van der Waals surface area (Å²) in [6.07, 6.45) is 1.61. The number of hydrogen-bond acceptors (Lipinski definition) is 3. The molecule has 1 fully saturated rings. The van der Waals surface area contributed by atoms with Crippen LogP contribution in [0.1, 0.15) is 18.4 Å². The van der Waals surface area contributed by atoms with Crippen molar-refractivity contribution in [1.29, 1.82) is 5.41 Å². The molecular weight excluding hydrogens is 178 g/mol. The first-order chi connectivity index (χ1) is 6.69. The van der Waals surface area contributed by atoms with Crippen molar-refractivity contribution >= 4 is 5.90 Å². The zero-order valence-corrected chi connectivity index (χ0v) is 8.04. The molecule has 74 valence electrons. The van der Waals surface area contributed by atoms with Gasteiger partial charge < -0.3 is 15.3 Å². The highest BCUT2D eigenvalue weighted by molar-refractivity contribution is 5.85. The van der Waals surface area contributed by atoms with Crippen LogP contribution in [-0.4, -0.2) is 13.0 Å². The maximum Gasteiger partial charge on any atom is 0.118 e. The first-order valence-electron chi connectivity index (χ1n) is 4.59. The number of methoxy groups -OCH3 is 1. The molecule has 0 unspecified atom stereocenters. The second-order valence-electron chi connectivity index (χ2n) is 3.64. The fourth-order valence-electron chi connectivity index (χ4n) is 1.68. The van der Waals surface area contributed by atoms with Crippen molar-refractivity contribution in [3.63, 3.8) is 0 Å². The van der Waals surface area contributed by atoms with E-state index in [0.717, 1.165) is 24.2 Å². The first kappa shape index (κ1) is 9.06. The van der Waals surface area contributed by atoms with Crippen LogP contribution in [0.25, 0.3) is 0 Å². The van der Waals surface area contributed by atoms with E-state index in [4.69, 9.17) is 10.1 Å². The molecule has 0 bridgehead atoms. The highest BCUT2D eigenvalue weighted by Crippen LogP contribution is 2.48. The summed E-state index contributed by atoms with van der Waals surface area (Å²) in [4.78, 5) is 0. The second kappa shape index (κ2) is 3.01. The minimum Gasteiger partial charge on any atom is -0.862 e. The quantitative estimate of drug-likeness (QED) is 0.572. The normalized spacial score (nSPS) is 17.5. The standard InChI is InChI=1S/C11H13NO2/c1-14-9-4-2-8(3-5-9)11(6-7-11)10(12)13/h2-5H,6-7H2,1H3,(H2,12,13)/p-1. The third-order valence-corrected chi connectivity index (χ3v) is 2.83. The molecule has 0 saturated heterocycles. The van der Waals surface area contributed by atoms with Crippen molar-refractivity contribution in [3.05, 3.63) is 29.8 Å². The lowest BCUT2D eigenvalue weighted by molar-refractivity contribution is -0.224. The molecule has 0 aromatic heterocycles. The van der Waals surface area contributed by atoms with Crippen LogP contribution in [0.5, 0.6) is 5.75 Å². The highest BCUT2D eigenvalue weighted by Gasteiger charge is 2.44. The van der Waals surface area contributed by atoms with Gasteiger partial charge in [0.15, 0.2) is 0 Å². The maximum absolute atomic E-state index is 11.1. The average Bonchev–Trinajstić information content (AvgIpc) is 2.99. The molecule has 0 atom stereocenters. The van der Waals surface area contributed by atoms with E-state index in [9.17, 15) is 5.11 Å². The molecule has 0 radical (unpaired) electrons. The summed E-state index contributed by atoms with van der Waals surface area (Å²) in [6.45, 7) is 0. The van der Waals surface area contributed by atoms with Crippen LogP contribution < -0.4 is 9.84 Å². The lowest BCUT2D eigenvalue weighted by Crippen LogP contribution is -2.31. The van der Waals surface area contributed by atoms with Gasteiger partial charge in [-0.2, -0.15) is 0 Å². The van der Waals surface area contributed by atoms with E-state index in [-0.39, 0.29) is 0 Å². The molecule has 1 aromatic carbocycles. The summed E-state index contributed by atoms with van der Waals surface area (Å²) in [5.74, 6) is 0.310. The summed E-state index contributed by atoms with van der Waals surface area (Å²) in [5.41, 5.74) is 0.449. The van der Waals surface area contributed by atoms with Crippen molar-refractivity contribution in [2.75, 3.05) is 7.11 Å². The Kier molecular flexibility index (Phi) is 1.95. The maximum atomic E-state index is 11.1. The van der Waals surface area contributed by atoms with Gasteiger partial charge in [0, 0.05) is 5.41 Å². The van der Waals surface area contributed by atoms with Crippen molar-refractivity contribution in [2.45, 2.75) is 18.3 Å². The van der Waals surface area contributed by atoms with E-state index < -0.39 is 11.3 Å². The highest BCUT2D eigenvalue weighted by atomic mass is 16.5. The van der Waals surface area contributed by atoms with Crippen LogP contribution in [0.3, 0.4) is 0 Å². The number of rotatable bonds is 3. The van der Waals surface area contributed by atoms with Crippen molar-refractivity contribution in [1.82, 2.24) is 0 Å². The van der Waals surface area contributed by atoms with Gasteiger partial charge in [-0.3, -0.25) is 0 Å². The van der Waals surface area contributed by atoms with Gasteiger partial charge in [-0.15, -0.1) is 0 Å². The minimum absolute atomic E-state index is 0.470. The van der Waals surface area contributed by atoms with E-state index in [1.807, 2.05) is 24.3 Å². The van der Waals surface area contributed by atoms with E-state index >= 15 is 0 Å². The van der Waals surface area contributed by atoms with Gasteiger partial charge in [0.25, 0.3) is 0 Å². The SMILES string of the molecule is COc1ccc(C2(C(=N)[O-])CC2)cc1. The Hall–Kier alpha value is -1.51. The largest absolute Gasteiger partial charge is 0.862 e. The average molecular weight is 190 g/mol. The molecule has 1 aliphatic carbocycles. The number of benzene rings is 1. The Morgan fingerprint density at radius 2 is 1.93 bits per heavy atom. The van der Waals surface area contributed by atoms with Gasteiger partial charge in [0.1, 0.15) is 5.75 Å². The molecular formula is C11H12NO2-. The zero-order valence-electron chi connectivity index (χ0n) is 8.04. The zero-order chi connectivity index (χ0) is 10.2. The van der Waals surface area contributed by atoms with Gasteiger partial charge in [0.2, 0.25) is 0 Å². The summed E-state index contributed by atoms with van der Waals surface area (Å²) in [7, 11) is 1.61. The lowest BCUT2D eigenvalue weighted by atomic mass is 9.96. The molecule has 0 aliphatic heterocycles. The molecule has 0 spiro atoms.